The van der Waals surface area contributed by atoms with E-state index in [-0.39, 0.29) is 0 Å². The first-order valence-electron chi connectivity index (χ1n) is 7.95. The lowest BCUT2D eigenvalue weighted by Gasteiger charge is -2.19. The number of para-hydroxylation sites is 2. The minimum absolute atomic E-state index is 0.953. The second-order valence-electron chi connectivity index (χ2n) is 5.88. The predicted octanol–water partition coefficient (Wildman–Crippen LogP) is 5.04. The van der Waals surface area contributed by atoms with Crippen LogP contribution in [-0.4, -0.2) is 0 Å². The Balaban J connectivity index is 1.62. The van der Waals surface area contributed by atoms with E-state index in [9.17, 15) is 0 Å². The van der Waals surface area contributed by atoms with Gasteiger partial charge in [0.25, 0.3) is 0 Å². The van der Waals surface area contributed by atoms with Crippen LogP contribution in [0.1, 0.15) is 0 Å². The Morgan fingerprint density at radius 2 is 1.04 bits per heavy atom. The summed E-state index contributed by atoms with van der Waals surface area (Å²) in [4.78, 5) is 9.42. The zero-order valence-electron chi connectivity index (χ0n) is 12.9. The van der Waals surface area contributed by atoms with Gasteiger partial charge in [-0.25, -0.2) is 0 Å². The first kappa shape index (κ1) is 13.2. The molecule has 24 heavy (non-hydrogen) atoms. The smallest absolute Gasteiger partial charge is 0.0495 e. The number of fused-ring (bicyclic) bond motifs is 2. The fourth-order valence-electron chi connectivity index (χ4n) is 3.09. The van der Waals surface area contributed by atoms with Crippen molar-refractivity contribution in [2.45, 2.75) is 0 Å². The van der Waals surface area contributed by atoms with Crippen LogP contribution in [0.2, 0.25) is 0 Å². The van der Waals surface area contributed by atoms with Gasteiger partial charge in [0.15, 0.2) is 0 Å². The van der Waals surface area contributed by atoms with Gasteiger partial charge in [-0.15, -0.1) is 58.6 Å². The highest BCUT2D eigenvalue weighted by molar-refractivity contribution is 5.88. The van der Waals surface area contributed by atoms with Crippen LogP contribution >= 0.6 is 0 Å². The van der Waals surface area contributed by atoms with Crippen molar-refractivity contribution in [1.29, 1.82) is 0 Å². The number of hydrogen-bond donors (Lipinski definition) is 0. The number of hydrogen-bond acceptors (Lipinski definition) is 0. The molecule has 0 aliphatic carbocycles. The second kappa shape index (κ2) is 5.14. The number of aromatic nitrogens is 2. The van der Waals surface area contributed by atoms with Gasteiger partial charge in [0.1, 0.15) is 0 Å². The maximum absolute atomic E-state index is 4.71. The summed E-state index contributed by atoms with van der Waals surface area (Å²) in [6.07, 6.45) is 0. The van der Waals surface area contributed by atoms with Gasteiger partial charge in [0, 0.05) is 0 Å². The van der Waals surface area contributed by atoms with Gasteiger partial charge in [0.05, 0.1) is 0 Å². The standard InChI is InChI=1S/C22H13N2/c1-3-10-19-17(6-1)13-21(23-19)15-8-5-9-16(12-15)22-14-18-7-2-4-11-20(18)24-22/h1-11,13-14H/q-3. The highest BCUT2D eigenvalue weighted by Crippen LogP contribution is 2.28. The van der Waals surface area contributed by atoms with Crippen molar-refractivity contribution in [1.82, 2.24) is 9.97 Å². The number of benzene rings is 3. The summed E-state index contributed by atoms with van der Waals surface area (Å²) in [5.74, 6) is 0. The third kappa shape index (κ3) is 2.12. The molecule has 114 valence electrons. The molecule has 0 spiro atoms. The van der Waals surface area contributed by atoms with Crippen LogP contribution in [0.25, 0.3) is 44.3 Å². The third-order valence-electron chi connectivity index (χ3n) is 4.29. The van der Waals surface area contributed by atoms with E-state index in [2.05, 4.69) is 30.3 Å². The quantitative estimate of drug-likeness (QED) is 0.427. The average molecular weight is 305 g/mol. The molecular formula is C22H13N2-3. The van der Waals surface area contributed by atoms with Crippen LogP contribution in [0.3, 0.4) is 0 Å². The fraction of sp³-hybridized carbons (Fsp3) is 0. The van der Waals surface area contributed by atoms with E-state index < -0.39 is 0 Å². The Labute approximate surface area is 139 Å². The summed E-state index contributed by atoms with van der Waals surface area (Å²) in [7, 11) is 0. The third-order valence-corrected chi connectivity index (χ3v) is 4.29. The molecule has 5 aromatic rings. The van der Waals surface area contributed by atoms with Crippen LogP contribution < -0.4 is 9.97 Å². The molecule has 5 rings (SSSR count). The van der Waals surface area contributed by atoms with Crippen molar-refractivity contribution in [2.75, 3.05) is 0 Å². The molecule has 0 radical (unpaired) electrons. The normalized spacial score (nSPS) is 11.3. The summed E-state index contributed by atoms with van der Waals surface area (Å²) in [6, 6.07) is 30.2. The minimum atomic E-state index is 0.953. The Morgan fingerprint density at radius 3 is 1.54 bits per heavy atom. The second-order valence-corrected chi connectivity index (χ2v) is 5.88. The first-order valence-corrected chi connectivity index (χ1v) is 7.95. The lowest BCUT2D eigenvalue weighted by molar-refractivity contribution is 1.39. The van der Waals surface area contributed by atoms with Crippen molar-refractivity contribution in [3.63, 3.8) is 0 Å². The lowest BCUT2D eigenvalue weighted by Crippen LogP contribution is -1.84. The van der Waals surface area contributed by atoms with Gasteiger partial charge in [-0.2, -0.15) is 11.4 Å². The van der Waals surface area contributed by atoms with Crippen LogP contribution in [0, 0.1) is 6.07 Å². The fourth-order valence-corrected chi connectivity index (χ4v) is 3.09. The molecule has 0 bridgehead atoms. The van der Waals surface area contributed by atoms with E-state index >= 15 is 0 Å². The van der Waals surface area contributed by atoms with Gasteiger partial charge >= 0.3 is 0 Å². The molecule has 2 heteroatoms. The molecule has 0 saturated carbocycles. The number of nitrogens with zero attached hydrogens (tertiary/aromatic N) is 2. The highest BCUT2D eigenvalue weighted by Gasteiger charge is 1.93. The molecule has 0 N–H and O–H groups in total. The van der Waals surface area contributed by atoms with Gasteiger partial charge in [-0.05, 0) is 10.8 Å². The molecule has 0 aliphatic heterocycles. The van der Waals surface area contributed by atoms with E-state index in [1.165, 1.54) is 0 Å². The zero-order valence-corrected chi connectivity index (χ0v) is 12.9. The molecule has 2 nitrogen and oxygen atoms in total. The van der Waals surface area contributed by atoms with E-state index in [4.69, 9.17) is 9.97 Å². The van der Waals surface area contributed by atoms with Crippen LogP contribution in [0.15, 0.2) is 78.9 Å². The van der Waals surface area contributed by atoms with E-state index in [1.54, 1.807) is 0 Å². The highest BCUT2D eigenvalue weighted by atomic mass is 14.7. The molecular weight excluding hydrogens is 292 g/mol. The van der Waals surface area contributed by atoms with Crippen LogP contribution in [0.4, 0.5) is 0 Å². The van der Waals surface area contributed by atoms with E-state index in [0.717, 1.165) is 44.3 Å². The molecule has 2 aromatic heterocycles. The van der Waals surface area contributed by atoms with Crippen LogP contribution in [-0.2, 0) is 0 Å². The Kier molecular flexibility index (Phi) is 2.83. The number of rotatable bonds is 2. The first-order chi connectivity index (χ1) is 11.9. The summed E-state index contributed by atoms with van der Waals surface area (Å²) in [6.45, 7) is 0. The van der Waals surface area contributed by atoms with Crippen molar-refractivity contribution in [2.24, 2.45) is 0 Å². The van der Waals surface area contributed by atoms with E-state index in [1.807, 2.05) is 54.6 Å². The van der Waals surface area contributed by atoms with Gasteiger partial charge < -0.3 is 9.97 Å². The molecule has 0 unspecified atom stereocenters. The van der Waals surface area contributed by atoms with Crippen LogP contribution in [0.5, 0.6) is 0 Å². The predicted molar refractivity (Wildman–Crippen MR) is 97.8 cm³/mol. The molecule has 3 aromatic carbocycles. The maximum Gasteiger partial charge on any atom is -0.0495 e. The van der Waals surface area contributed by atoms with E-state index in [0.29, 0.717) is 0 Å². The Bertz CT molecular complexity index is 1010. The zero-order chi connectivity index (χ0) is 15.9. The average Bonchev–Trinajstić information content (AvgIpc) is 3.26. The molecule has 2 heterocycles. The largest absolute Gasteiger partial charge is 0.692 e. The summed E-state index contributed by atoms with van der Waals surface area (Å²) >= 11 is 0. The monoisotopic (exact) mass is 305 g/mol. The molecule has 0 aliphatic rings. The molecule has 0 fully saturated rings. The van der Waals surface area contributed by atoms with Gasteiger partial charge in [-0.3, -0.25) is 0 Å². The summed E-state index contributed by atoms with van der Waals surface area (Å²) in [5.41, 5.74) is 5.93. The molecule has 0 atom stereocenters. The van der Waals surface area contributed by atoms with Gasteiger partial charge in [0.2, 0.25) is 0 Å². The summed E-state index contributed by atoms with van der Waals surface area (Å²) in [5, 5.41) is 2.31. The summed E-state index contributed by atoms with van der Waals surface area (Å²) < 4.78 is 0. The van der Waals surface area contributed by atoms with Crippen molar-refractivity contribution < 1.29 is 0 Å². The molecule has 0 amide bonds. The van der Waals surface area contributed by atoms with Crippen molar-refractivity contribution >= 4 is 21.8 Å². The minimum Gasteiger partial charge on any atom is -0.692 e. The van der Waals surface area contributed by atoms with Gasteiger partial charge in [-0.1, -0.05) is 48.5 Å². The topological polar surface area (TPSA) is 28.2 Å². The van der Waals surface area contributed by atoms with Crippen molar-refractivity contribution in [3.05, 3.63) is 84.9 Å². The molecule has 0 saturated heterocycles. The SMILES string of the molecule is [c-]1c(-c2cc3ccccc3[n-]2)cccc1-c1cc2ccccc2[n-]1. The Hall–Kier alpha value is -3.26. The maximum atomic E-state index is 4.71. The Morgan fingerprint density at radius 1 is 0.542 bits per heavy atom. The lowest BCUT2D eigenvalue weighted by atomic mass is 10.1. The van der Waals surface area contributed by atoms with Crippen molar-refractivity contribution in [3.8, 4) is 22.5 Å².